The largest absolute Gasteiger partial charge is 0.390 e. The number of aliphatic hydroxyl groups is 1. The van der Waals surface area contributed by atoms with Crippen molar-refractivity contribution in [1.82, 2.24) is 15.1 Å². The molecule has 0 unspecified atom stereocenters. The van der Waals surface area contributed by atoms with Crippen LogP contribution in [0.1, 0.15) is 12.5 Å². The molecule has 5 atom stereocenters. The van der Waals surface area contributed by atoms with E-state index in [1.807, 2.05) is 19.0 Å². The molecule has 2 N–H and O–H groups in total. The molecular formula is C21H32N4O4. The number of nitrogens with one attached hydrogen (secondary N) is 1. The molecule has 2 bridgehead atoms. The van der Waals surface area contributed by atoms with E-state index in [0.29, 0.717) is 39.3 Å². The van der Waals surface area contributed by atoms with Gasteiger partial charge in [-0.15, -0.1) is 0 Å². The first kappa shape index (κ1) is 20.6. The van der Waals surface area contributed by atoms with Crippen LogP contribution in [0, 0.1) is 0 Å². The van der Waals surface area contributed by atoms with Gasteiger partial charge in [0.2, 0.25) is 5.91 Å². The van der Waals surface area contributed by atoms with E-state index in [2.05, 4.69) is 39.4 Å². The summed E-state index contributed by atoms with van der Waals surface area (Å²) in [5.41, 5.74) is 2.32. The Labute approximate surface area is 172 Å². The van der Waals surface area contributed by atoms with Crippen molar-refractivity contribution in [2.45, 2.75) is 44.1 Å². The van der Waals surface area contributed by atoms with Crippen molar-refractivity contribution in [1.29, 1.82) is 0 Å². The van der Waals surface area contributed by atoms with Crippen LogP contribution in [0.2, 0.25) is 0 Å². The highest BCUT2D eigenvalue weighted by Gasteiger charge is 2.52. The highest BCUT2D eigenvalue weighted by atomic mass is 16.7. The molecule has 8 nitrogen and oxygen atoms in total. The second-order valence-corrected chi connectivity index (χ2v) is 8.37. The highest BCUT2D eigenvalue weighted by molar-refractivity contribution is 5.73. The van der Waals surface area contributed by atoms with Gasteiger partial charge in [0.15, 0.2) is 6.29 Å². The standard InChI is InChI=1S/C21H32N4O4/c1-14(26)24-8-10-25(11-9-24)19-20(27)18(17-13-28-21(19)29-17)22-12-15-4-6-16(7-5-15)23(2)3/h4-7,17-22,27H,8-13H2,1-3H3/t17-,18+,19-,20-,21+/m0/s1. The van der Waals surface area contributed by atoms with Crippen LogP contribution in [-0.4, -0.2) is 98.3 Å². The van der Waals surface area contributed by atoms with Gasteiger partial charge in [-0.1, -0.05) is 12.1 Å². The van der Waals surface area contributed by atoms with E-state index < -0.39 is 12.4 Å². The molecule has 3 saturated heterocycles. The zero-order valence-corrected chi connectivity index (χ0v) is 17.5. The number of nitrogens with zero attached hydrogens (tertiary/aromatic N) is 3. The van der Waals surface area contributed by atoms with Gasteiger partial charge in [0.1, 0.15) is 6.10 Å². The predicted molar refractivity (Wildman–Crippen MR) is 110 cm³/mol. The Morgan fingerprint density at radius 1 is 1.21 bits per heavy atom. The molecule has 1 aromatic rings. The number of amides is 1. The van der Waals surface area contributed by atoms with E-state index in [0.717, 1.165) is 11.3 Å². The molecular weight excluding hydrogens is 372 g/mol. The summed E-state index contributed by atoms with van der Waals surface area (Å²) in [5.74, 6) is 0.0992. The summed E-state index contributed by atoms with van der Waals surface area (Å²) in [6, 6.07) is 7.97. The molecule has 8 heteroatoms. The van der Waals surface area contributed by atoms with E-state index >= 15 is 0 Å². The van der Waals surface area contributed by atoms with Gasteiger partial charge in [-0.25, -0.2) is 0 Å². The van der Waals surface area contributed by atoms with Crippen molar-refractivity contribution in [3.8, 4) is 0 Å². The smallest absolute Gasteiger partial charge is 0.219 e. The Bertz CT molecular complexity index is 705. The maximum absolute atomic E-state index is 11.6. The molecule has 3 aliphatic rings. The summed E-state index contributed by atoms with van der Waals surface area (Å²) in [7, 11) is 4.05. The minimum Gasteiger partial charge on any atom is -0.390 e. The number of hydrogen-bond donors (Lipinski definition) is 2. The summed E-state index contributed by atoms with van der Waals surface area (Å²) in [6.45, 7) is 5.52. The molecule has 0 aromatic heterocycles. The zero-order valence-electron chi connectivity index (χ0n) is 17.5. The molecule has 0 radical (unpaired) electrons. The molecule has 0 saturated carbocycles. The Kier molecular flexibility index (Phi) is 6.08. The van der Waals surface area contributed by atoms with Gasteiger partial charge in [0, 0.05) is 59.4 Å². The number of anilines is 1. The van der Waals surface area contributed by atoms with Crippen molar-refractivity contribution in [2.24, 2.45) is 0 Å². The minimum atomic E-state index is -0.592. The summed E-state index contributed by atoms with van der Waals surface area (Å²) in [5, 5.41) is 14.7. The fourth-order valence-corrected chi connectivity index (χ4v) is 4.52. The summed E-state index contributed by atoms with van der Waals surface area (Å²) >= 11 is 0. The first-order valence-corrected chi connectivity index (χ1v) is 10.4. The highest BCUT2D eigenvalue weighted by Crippen LogP contribution is 2.32. The summed E-state index contributed by atoms with van der Waals surface area (Å²) in [6.07, 6.45) is -1.15. The number of piperazine rings is 1. The topological polar surface area (TPSA) is 77.5 Å². The second-order valence-electron chi connectivity index (χ2n) is 8.37. The van der Waals surface area contributed by atoms with Crippen molar-refractivity contribution in [3.05, 3.63) is 29.8 Å². The third-order valence-corrected chi connectivity index (χ3v) is 6.31. The number of hydrogen-bond acceptors (Lipinski definition) is 7. The third kappa shape index (κ3) is 4.27. The maximum atomic E-state index is 11.6. The van der Waals surface area contributed by atoms with E-state index in [-0.39, 0.29) is 24.1 Å². The average molecular weight is 405 g/mol. The molecule has 3 aliphatic heterocycles. The molecule has 0 aliphatic carbocycles. The van der Waals surface area contributed by atoms with E-state index in [1.165, 1.54) is 0 Å². The molecule has 1 aromatic carbocycles. The molecule has 3 fully saturated rings. The van der Waals surface area contributed by atoms with Gasteiger partial charge in [-0.3, -0.25) is 9.69 Å². The molecule has 0 spiro atoms. The van der Waals surface area contributed by atoms with Crippen LogP contribution < -0.4 is 10.2 Å². The van der Waals surface area contributed by atoms with Crippen molar-refractivity contribution in [2.75, 3.05) is 51.8 Å². The number of fused-ring (bicyclic) bond motifs is 2. The lowest BCUT2D eigenvalue weighted by molar-refractivity contribution is -0.186. The molecule has 1 amide bonds. The Morgan fingerprint density at radius 2 is 1.90 bits per heavy atom. The summed E-state index contributed by atoms with van der Waals surface area (Å²) in [4.78, 5) is 17.7. The number of benzene rings is 1. The van der Waals surface area contributed by atoms with Crippen molar-refractivity contribution >= 4 is 11.6 Å². The van der Waals surface area contributed by atoms with Gasteiger partial charge in [0.05, 0.1) is 24.8 Å². The fourth-order valence-electron chi connectivity index (χ4n) is 4.52. The normalized spacial score (nSPS) is 32.4. The number of carbonyl (C=O) groups is 1. The SMILES string of the molecule is CC(=O)N1CCN([C@@H]2[C@@H]3OC[C@H](O3)[C@@H](NCc3ccc(N(C)C)cc3)[C@@H]2O)CC1. The number of carbonyl (C=O) groups excluding carboxylic acids is 1. The predicted octanol–water partition coefficient (Wildman–Crippen LogP) is -0.140. The minimum absolute atomic E-state index is 0.0992. The Morgan fingerprint density at radius 3 is 2.52 bits per heavy atom. The number of aliphatic hydroxyl groups excluding tert-OH is 1. The molecule has 3 heterocycles. The van der Waals surface area contributed by atoms with Crippen molar-refractivity contribution in [3.63, 3.8) is 0 Å². The number of rotatable bonds is 5. The first-order valence-electron chi connectivity index (χ1n) is 10.4. The lowest BCUT2D eigenvalue weighted by Gasteiger charge is -2.46. The Hall–Kier alpha value is -1.71. The molecule has 160 valence electrons. The van der Waals surface area contributed by atoms with Crippen LogP contribution in [0.3, 0.4) is 0 Å². The average Bonchev–Trinajstić information content (AvgIpc) is 3.13. The monoisotopic (exact) mass is 404 g/mol. The zero-order chi connectivity index (χ0) is 20.5. The van der Waals surface area contributed by atoms with Crippen LogP contribution in [0.5, 0.6) is 0 Å². The van der Waals surface area contributed by atoms with Gasteiger partial charge in [-0.2, -0.15) is 0 Å². The fraction of sp³-hybridized carbons (Fsp3) is 0.667. The molecule has 4 rings (SSSR count). The van der Waals surface area contributed by atoms with Gasteiger partial charge in [-0.05, 0) is 17.7 Å². The van der Waals surface area contributed by atoms with E-state index in [1.54, 1.807) is 6.92 Å². The third-order valence-electron chi connectivity index (χ3n) is 6.31. The van der Waals surface area contributed by atoms with Crippen LogP contribution in [0.15, 0.2) is 24.3 Å². The van der Waals surface area contributed by atoms with E-state index in [4.69, 9.17) is 9.47 Å². The lowest BCUT2D eigenvalue weighted by Crippen LogP contribution is -2.66. The quantitative estimate of drug-likeness (QED) is 0.707. The first-order chi connectivity index (χ1) is 13.9. The van der Waals surface area contributed by atoms with E-state index in [9.17, 15) is 9.90 Å². The van der Waals surface area contributed by atoms with Crippen LogP contribution in [-0.2, 0) is 20.8 Å². The van der Waals surface area contributed by atoms with Crippen LogP contribution in [0.4, 0.5) is 5.69 Å². The van der Waals surface area contributed by atoms with Gasteiger partial charge < -0.3 is 29.7 Å². The Balaban J connectivity index is 1.39. The van der Waals surface area contributed by atoms with Crippen LogP contribution in [0.25, 0.3) is 0 Å². The van der Waals surface area contributed by atoms with Gasteiger partial charge >= 0.3 is 0 Å². The molecule has 29 heavy (non-hydrogen) atoms. The van der Waals surface area contributed by atoms with Crippen LogP contribution >= 0.6 is 0 Å². The van der Waals surface area contributed by atoms with Gasteiger partial charge in [0.25, 0.3) is 0 Å². The van der Waals surface area contributed by atoms with Crippen molar-refractivity contribution < 1.29 is 19.4 Å². The second kappa shape index (κ2) is 8.57. The number of ether oxygens (including phenoxy) is 2. The lowest BCUT2D eigenvalue weighted by atomic mass is 9.94. The summed E-state index contributed by atoms with van der Waals surface area (Å²) < 4.78 is 11.9. The maximum Gasteiger partial charge on any atom is 0.219 e.